The minimum atomic E-state index is -1.35. The second kappa shape index (κ2) is 9.62. The van der Waals surface area contributed by atoms with Crippen molar-refractivity contribution in [2.75, 3.05) is 23.3 Å². The second-order valence-electron chi connectivity index (χ2n) is 8.55. The number of amides is 5. The third-order valence-electron chi connectivity index (χ3n) is 6.26. The highest BCUT2D eigenvalue weighted by Gasteiger charge is 2.52. The summed E-state index contributed by atoms with van der Waals surface area (Å²) in [6.45, 7) is 2.05. The number of carbonyl (C=O) groups excluding carboxylic acids is 4. The van der Waals surface area contributed by atoms with Gasteiger partial charge in [-0.15, -0.1) is 0 Å². The van der Waals surface area contributed by atoms with E-state index in [1.807, 2.05) is 6.92 Å². The Bertz CT molecular complexity index is 1120. The average Bonchev–Trinajstić information content (AvgIpc) is 3.35. The van der Waals surface area contributed by atoms with Crippen molar-refractivity contribution in [3.63, 3.8) is 0 Å². The Morgan fingerprint density at radius 1 is 1.12 bits per heavy atom. The van der Waals surface area contributed by atoms with Gasteiger partial charge in [0.25, 0.3) is 5.91 Å². The van der Waals surface area contributed by atoms with Gasteiger partial charge in [0, 0.05) is 13.0 Å². The molecule has 4 rings (SSSR count). The van der Waals surface area contributed by atoms with Gasteiger partial charge in [0.2, 0.25) is 11.8 Å². The van der Waals surface area contributed by atoms with Crippen LogP contribution in [0.3, 0.4) is 0 Å². The minimum Gasteiger partial charge on any atom is -0.323 e. The van der Waals surface area contributed by atoms with Gasteiger partial charge >= 0.3 is 6.03 Å². The smallest absolute Gasteiger partial charge is 0.323 e. The van der Waals surface area contributed by atoms with Crippen LogP contribution in [0.5, 0.6) is 0 Å². The first kappa shape index (κ1) is 23.4. The van der Waals surface area contributed by atoms with Gasteiger partial charge in [0.1, 0.15) is 17.9 Å². The van der Waals surface area contributed by atoms with Crippen molar-refractivity contribution in [2.45, 2.75) is 44.6 Å². The molecule has 34 heavy (non-hydrogen) atoms. The normalized spacial score (nSPS) is 20.1. The van der Waals surface area contributed by atoms with E-state index in [1.54, 1.807) is 29.2 Å². The SMILES string of the molecule is CCCCC1(c2ccc(F)cc2)NC(=O)N(CC(=O)Nc2ccccc2N2CCCC2=O)C1=O. The summed E-state index contributed by atoms with van der Waals surface area (Å²) >= 11 is 0. The number of hydrogen-bond acceptors (Lipinski definition) is 4. The molecule has 5 amide bonds. The number of halogens is 1. The highest BCUT2D eigenvalue weighted by Crippen LogP contribution is 2.35. The fraction of sp³-hybridized carbons (Fsp3) is 0.360. The second-order valence-corrected chi connectivity index (χ2v) is 8.55. The quantitative estimate of drug-likeness (QED) is 0.582. The topological polar surface area (TPSA) is 98.8 Å². The van der Waals surface area contributed by atoms with Crippen molar-refractivity contribution in [3.8, 4) is 0 Å². The molecule has 0 aliphatic carbocycles. The van der Waals surface area contributed by atoms with Gasteiger partial charge in [-0.25, -0.2) is 9.18 Å². The van der Waals surface area contributed by atoms with E-state index >= 15 is 0 Å². The number of benzene rings is 2. The van der Waals surface area contributed by atoms with Gasteiger partial charge < -0.3 is 15.5 Å². The van der Waals surface area contributed by atoms with Crippen LogP contribution in [0.1, 0.15) is 44.6 Å². The third-order valence-corrected chi connectivity index (χ3v) is 6.26. The predicted octanol–water partition coefficient (Wildman–Crippen LogP) is 3.53. The van der Waals surface area contributed by atoms with Crippen LogP contribution in [0.2, 0.25) is 0 Å². The molecule has 0 bridgehead atoms. The van der Waals surface area contributed by atoms with E-state index in [2.05, 4.69) is 10.6 Å². The zero-order valence-corrected chi connectivity index (χ0v) is 19.0. The Balaban J connectivity index is 1.54. The summed E-state index contributed by atoms with van der Waals surface area (Å²) in [7, 11) is 0. The van der Waals surface area contributed by atoms with Crippen LogP contribution in [0.25, 0.3) is 0 Å². The summed E-state index contributed by atoms with van der Waals surface area (Å²) in [6, 6.07) is 11.7. The molecule has 0 spiro atoms. The Labute approximate surface area is 197 Å². The molecule has 2 aliphatic rings. The summed E-state index contributed by atoms with van der Waals surface area (Å²) < 4.78 is 13.5. The van der Waals surface area contributed by atoms with E-state index < -0.39 is 35.7 Å². The van der Waals surface area contributed by atoms with Crippen LogP contribution >= 0.6 is 0 Å². The number of imide groups is 1. The molecule has 1 unspecified atom stereocenters. The van der Waals surface area contributed by atoms with E-state index in [0.29, 0.717) is 42.7 Å². The number of urea groups is 1. The maximum absolute atomic E-state index is 13.5. The molecule has 178 valence electrons. The highest BCUT2D eigenvalue weighted by molar-refractivity contribution is 6.11. The van der Waals surface area contributed by atoms with Crippen molar-refractivity contribution >= 4 is 35.1 Å². The van der Waals surface area contributed by atoms with Gasteiger partial charge in [-0.3, -0.25) is 19.3 Å². The largest absolute Gasteiger partial charge is 0.325 e. The predicted molar refractivity (Wildman–Crippen MR) is 125 cm³/mol. The van der Waals surface area contributed by atoms with Gasteiger partial charge in [0.05, 0.1) is 11.4 Å². The molecule has 1 atom stereocenters. The lowest BCUT2D eigenvalue weighted by molar-refractivity contribution is -0.134. The summed E-state index contributed by atoms with van der Waals surface area (Å²) in [5.74, 6) is -1.57. The Morgan fingerprint density at radius 2 is 1.85 bits per heavy atom. The molecule has 2 N–H and O–H groups in total. The lowest BCUT2D eigenvalue weighted by Crippen LogP contribution is -2.44. The van der Waals surface area contributed by atoms with E-state index in [-0.39, 0.29) is 5.91 Å². The van der Waals surface area contributed by atoms with Crippen LogP contribution < -0.4 is 15.5 Å². The van der Waals surface area contributed by atoms with E-state index in [9.17, 15) is 23.6 Å². The van der Waals surface area contributed by atoms with Gasteiger partial charge in [0.15, 0.2) is 0 Å². The number of nitrogens with one attached hydrogen (secondary N) is 2. The van der Waals surface area contributed by atoms with Crippen LogP contribution in [-0.2, 0) is 19.9 Å². The number of para-hydroxylation sites is 2. The van der Waals surface area contributed by atoms with Crippen LogP contribution in [-0.4, -0.2) is 41.7 Å². The molecule has 2 heterocycles. The molecule has 9 heteroatoms. The zero-order valence-electron chi connectivity index (χ0n) is 19.0. The van der Waals surface area contributed by atoms with Gasteiger partial charge in [-0.2, -0.15) is 0 Å². The van der Waals surface area contributed by atoms with Crippen molar-refractivity contribution < 1.29 is 23.6 Å². The standard InChI is InChI=1S/C25H27FN4O4/c1-2-3-14-25(17-10-12-18(26)13-11-17)23(33)30(24(34)28-25)16-21(31)27-19-7-4-5-8-20(19)29-15-6-9-22(29)32/h4-5,7-8,10-13H,2-3,6,9,14-16H2,1H3,(H,27,31)(H,28,34). The fourth-order valence-electron chi connectivity index (χ4n) is 4.51. The van der Waals surface area contributed by atoms with Crippen molar-refractivity contribution in [2.24, 2.45) is 0 Å². The first-order chi connectivity index (χ1) is 16.4. The molecule has 0 aromatic heterocycles. The van der Waals surface area contributed by atoms with Crippen molar-refractivity contribution in [1.82, 2.24) is 10.2 Å². The monoisotopic (exact) mass is 466 g/mol. The number of carbonyl (C=O) groups is 4. The number of unbranched alkanes of at least 4 members (excludes halogenated alkanes) is 1. The molecular weight excluding hydrogens is 439 g/mol. The molecule has 8 nitrogen and oxygen atoms in total. The van der Waals surface area contributed by atoms with Crippen LogP contribution in [0.15, 0.2) is 48.5 Å². The molecular formula is C25H27FN4O4. The molecule has 2 aromatic rings. The lowest BCUT2D eigenvalue weighted by atomic mass is 9.85. The summed E-state index contributed by atoms with van der Waals surface area (Å²) in [5.41, 5.74) is 0.146. The van der Waals surface area contributed by atoms with E-state index in [0.717, 1.165) is 17.7 Å². The molecule has 2 fully saturated rings. The van der Waals surface area contributed by atoms with Gasteiger partial charge in [-0.05, 0) is 42.7 Å². The molecule has 2 aromatic carbocycles. The average molecular weight is 467 g/mol. The first-order valence-electron chi connectivity index (χ1n) is 11.4. The highest BCUT2D eigenvalue weighted by atomic mass is 19.1. The number of hydrogen-bond donors (Lipinski definition) is 2. The first-order valence-corrected chi connectivity index (χ1v) is 11.4. The Hall–Kier alpha value is -3.75. The number of nitrogens with zero attached hydrogens (tertiary/aromatic N) is 2. The summed E-state index contributed by atoms with van der Waals surface area (Å²) in [6.07, 6.45) is 2.97. The fourth-order valence-corrected chi connectivity index (χ4v) is 4.51. The zero-order chi connectivity index (χ0) is 24.3. The maximum Gasteiger partial charge on any atom is 0.325 e. The number of rotatable bonds is 8. The Kier molecular flexibility index (Phi) is 6.63. The third kappa shape index (κ3) is 4.37. The van der Waals surface area contributed by atoms with E-state index in [4.69, 9.17) is 0 Å². The lowest BCUT2D eigenvalue weighted by Gasteiger charge is -2.27. The van der Waals surface area contributed by atoms with E-state index in [1.165, 1.54) is 24.3 Å². The van der Waals surface area contributed by atoms with Crippen molar-refractivity contribution in [3.05, 3.63) is 59.9 Å². The summed E-state index contributed by atoms with van der Waals surface area (Å²) in [4.78, 5) is 53.8. The Morgan fingerprint density at radius 3 is 2.53 bits per heavy atom. The molecule has 0 saturated carbocycles. The molecule has 2 aliphatic heterocycles. The van der Waals surface area contributed by atoms with Crippen molar-refractivity contribution in [1.29, 1.82) is 0 Å². The minimum absolute atomic E-state index is 0.0178. The van der Waals surface area contributed by atoms with Crippen LogP contribution in [0, 0.1) is 5.82 Å². The number of anilines is 2. The maximum atomic E-state index is 13.5. The molecule has 0 radical (unpaired) electrons. The summed E-state index contributed by atoms with van der Waals surface area (Å²) in [5, 5.41) is 5.49. The molecule has 2 saturated heterocycles. The van der Waals surface area contributed by atoms with Gasteiger partial charge in [-0.1, -0.05) is 44.0 Å². The van der Waals surface area contributed by atoms with Crippen LogP contribution in [0.4, 0.5) is 20.6 Å².